The Bertz CT molecular complexity index is 479. The summed E-state index contributed by atoms with van der Waals surface area (Å²) in [6.07, 6.45) is 1.11. The second-order valence-corrected chi connectivity index (χ2v) is 4.86. The molecule has 0 bridgehead atoms. The molecule has 0 saturated heterocycles. The Kier molecular flexibility index (Phi) is 3.79. The van der Waals surface area contributed by atoms with Gasteiger partial charge < -0.3 is 4.74 Å². The van der Waals surface area contributed by atoms with Crippen LogP contribution in [-0.4, -0.2) is 12.1 Å². The second-order valence-electron chi connectivity index (χ2n) is 4.14. The molecule has 0 amide bonds. The van der Waals surface area contributed by atoms with Crippen molar-refractivity contribution in [1.82, 2.24) is 4.98 Å². The Morgan fingerprint density at radius 3 is 2.82 bits per heavy atom. The molecular formula is C14H17NOS. The summed E-state index contributed by atoms with van der Waals surface area (Å²) < 4.78 is 5.42. The largest absolute Gasteiger partial charge is 0.496 e. The maximum absolute atomic E-state index is 5.42. The van der Waals surface area contributed by atoms with E-state index in [1.54, 1.807) is 18.4 Å². The molecule has 1 atom stereocenters. The van der Waals surface area contributed by atoms with E-state index in [0.29, 0.717) is 5.92 Å². The molecule has 1 heterocycles. The lowest BCUT2D eigenvalue weighted by Gasteiger charge is -2.15. The van der Waals surface area contributed by atoms with Crippen molar-refractivity contribution in [2.75, 3.05) is 7.11 Å². The first-order valence-corrected chi connectivity index (χ1v) is 6.77. The lowest BCUT2D eigenvalue weighted by atomic mass is 9.95. The minimum absolute atomic E-state index is 0.503. The molecule has 0 aliphatic rings. The number of rotatable bonds is 4. The van der Waals surface area contributed by atoms with Crippen molar-refractivity contribution in [1.29, 1.82) is 0 Å². The Balaban J connectivity index is 2.45. The van der Waals surface area contributed by atoms with Crippen molar-refractivity contribution in [2.24, 2.45) is 0 Å². The third kappa shape index (κ3) is 2.50. The predicted octanol–water partition coefficient (Wildman–Crippen LogP) is 4.33. The van der Waals surface area contributed by atoms with Crippen LogP contribution in [0.4, 0.5) is 0 Å². The van der Waals surface area contributed by atoms with E-state index >= 15 is 0 Å². The highest BCUT2D eigenvalue weighted by Gasteiger charge is 2.11. The molecule has 0 radical (unpaired) electrons. The van der Waals surface area contributed by atoms with E-state index in [-0.39, 0.29) is 0 Å². The first kappa shape index (κ1) is 12.1. The summed E-state index contributed by atoms with van der Waals surface area (Å²) >= 11 is 1.62. The van der Waals surface area contributed by atoms with E-state index in [4.69, 9.17) is 4.74 Å². The highest BCUT2D eigenvalue weighted by Crippen LogP contribution is 2.32. The van der Waals surface area contributed by atoms with Crippen molar-refractivity contribution in [2.45, 2.75) is 26.2 Å². The van der Waals surface area contributed by atoms with Crippen LogP contribution >= 0.6 is 11.3 Å². The maximum atomic E-state index is 5.42. The van der Waals surface area contributed by atoms with E-state index in [0.717, 1.165) is 17.9 Å². The monoisotopic (exact) mass is 247 g/mol. The Hall–Kier alpha value is -1.35. The molecule has 2 nitrogen and oxygen atoms in total. The van der Waals surface area contributed by atoms with E-state index in [2.05, 4.69) is 36.3 Å². The van der Waals surface area contributed by atoms with Gasteiger partial charge in [0.25, 0.3) is 0 Å². The van der Waals surface area contributed by atoms with Crippen LogP contribution < -0.4 is 4.74 Å². The third-order valence-electron chi connectivity index (χ3n) is 3.10. The summed E-state index contributed by atoms with van der Waals surface area (Å²) in [5, 5.41) is 2.07. The molecule has 1 unspecified atom stereocenters. The quantitative estimate of drug-likeness (QED) is 0.802. The van der Waals surface area contributed by atoms with Crippen LogP contribution in [0.1, 0.15) is 31.7 Å². The van der Waals surface area contributed by atoms with Crippen LogP contribution in [-0.2, 0) is 0 Å². The lowest BCUT2D eigenvalue weighted by molar-refractivity contribution is 0.406. The first-order valence-electron chi connectivity index (χ1n) is 5.82. The summed E-state index contributed by atoms with van der Waals surface area (Å²) in [4.78, 5) is 4.35. The molecule has 1 aromatic heterocycles. The average molecular weight is 247 g/mol. The Morgan fingerprint density at radius 1 is 1.41 bits per heavy atom. The smallest absolute Gasteiger partial charge is 0.122 e. The molecule has 90 valence electrons. The highest BCUT2D eigenvalue weighted by molar-refractivity contribution is 7.07. The van der Waals surface area contributed by atoms with Gasteiger partial charge in [-0.3, -0.25) is 0 Å². The summed E-state index contributed by atoms with van der Waals surface area (Å²) in [5.74, 6) is 1.47. The standard InChI is InChI=1S/C14H17NOS/c1-4-10(2)12-7-11(5-6-14(12)16-3)13-8-17-9-15-13/h5-10H,4H2,1-3H3. The fraction of sp³-hybridized carbons (Fsp3) is 0.357. The SMILES string of the molecule is CCC(C)c1cc(-c2cscn2)ccc1OC. The maximum Gasteiger partial charge on any atom is 0.122 e. The van der Waals surface area contributed by atoms with Gasteiger partial charge in [0.05, 0.1) is 18.3 Å². The highest BCUT2D eigenvalue weighted by atomic mass is 32.1. The van der Waals surface area contributed by atoms with E-state index in [9.17, 15) is 0 Å². The zero-order valence-electron chi connectivity index (χ0n) is 10.4. The molecule has 0 aliphatic carbocycles. The molecule has 2 aromatic rings. The van der Waals surface area contributed by atoms with Crippen LogP contribution in [0, 0.1) is 0 Å². The van der Waals surface area contributed by atoms with Crippen LogP contribution in [0.3, 0.4) is 0 Å². The van der Waals surface area contributed by atoms with Crippen molar-refractivity contribution >= 4 is 11.3 Å². The van der Waals surface area contributed by atoms with Crippen molar-refractivity contribution in [3.63, 3.8) is 0 Å². The zero-order chi connectivity index (χ0) is 12.3. The molecule has 1 aromatic carbocycles. The number of methoxy groups -OCH3 is 1. The molecule has 0 spiro atoms. The molecule has 17 heavy (non-hydrogen) atoms. The van der Waals surface area contributed by atoms with Gasteiger partial charge in [0, 0.05) is 10.9 Å². The molecular weight excluding hydrogens is 230 g/mol. The Morgan fingerprint density at radius 2 is 2.24 bits per heavy atom. The van der Waals surface area contributed by atoms with E-state index < -0.39 is 0 Å². The fourth-order valence-corrected chi connectivity index (χ4v) is 2.41. The van der Waals surface area contributed by atoms with E-state index in [1.807, 2.05) is 11.6 Å². The minimum Gasteiger partial charge on any atom is -0.496 e. The van der Waals surface area contributed by atoms with Crippen LogP contribution in [0.2, 0.25) is 0 Å². The number of benzene rings is 1. The van der Waals surface area contributed by atoms with Gasteiger partial charge in [0.2, 0.25) is 0 Å². The van der Waals surface area contributed by atoms with Crippen molar-refractivity contribution in [3.8, 4) is 17.0 Å². The first-order chi connectivity index (χ1) is 8.26. The number of ether oxygens (including phenoxy) is 1. The van der Waals surface area contributed by atoms with Gasteiger partial charge in [-0.05, 0) is 36.1 Å². The van der Waals surface area contributed by atoms with Gasteiger partial charge in [-0.15, -0.1) is 11.3 Å². The van der Waals surface area contributed by atoms with Crippen LogP contribution in [0.5, 0.6) is 5.75 Å². The number of hydrogen-bond donors (Lipinski definition) is 0. The molecule has 0 fully saturated rings. The van der Waals surface area contributed by atoms with Crippen LogP contribution in [0.25, 0.3) is 11.3 Å². The third-order valence-corrected chi connectivity index (χ3v) is 3.69. The van der Waals surface area contributed by atoms with Gasteiger partial charge in [-0.1, -0.05) is 13.8 Å². The van der Waals surface area contributed by atoms with Crippen molar-refractivity contribution in [3.05, 3.63) is 34.7 Å². The molecule has 3 heteroatoms. The normalized spacial score (nSPS) is 12.4. The van der Waals surface area contributed by atoms with Gasteiger partial charge in [-0.2, -0.15) is 0 Å². The molecule has 0 aliphatic heterocycles. The van der Waals surface area contributed by atoms with Crippen molar-refractivity contribution < 1.29 is 4.74 Å². The summed E-state index contributed by atoms with van der Waals surface area (Å²) in [5.41, 5.74) is 5.34. The number of nitrogens with zero attached hydrogens (tertiary/aromatic N) is 1. The number of thiazole rings is 1. The molecule has 2 rings (SSSR count). The van der Waals surface area contributed by atoms with Crippen LogP contribution in [0.15, 0.2) is 29.1 Å². The second kappa shape index (κ2) is 5.32. The minimum atomic E-state index is 0.503. The lowest BCUT2D eigenvalue weighted by Crippen LogP contribution is -1.97. The van der Waals surface area contributed by atoms with Gasteiger partial charge in [-0.25, -0.2) is 4.98 Å². The fourth-order valence-electron chi connectivity index (χ4n) is 1.85. The molecule has 0 N–H and O–H groups in total. The Labute approximate surface area is 106 Å². The zero-order valence-corrected chi connectivity index (χ0v) is 11.3. The van der Waals surface area contributed by atoms with Gasteiger partial charge >= 0.3 is 0 Å². The molecule has 0 saturated carbocycles. The van der Waals surface area contributed by atoms with E-state index in [1.165, 1.54) is 11.1 Å². The average Bonchev–Trinajstić information content (AvgIpc) is 2.91. The topological polar surface area (TPSA) is 22.1 Å². The predicted molar refractivity (Wildman–Crippen MR) is 72.8 cm³/mol. The number of hydrogen-bond acceptors (Lipinski definition) is 3. The number of aromatic nitrogens is 1. The summed E-state index contributed by atoms with van der Waals surface area (Å²) in [7, 11) is 1.73. The summed E-state index contributed by atoms with van der Waals surface area (Å²) in [6.45, 7) is 4.42. The van der Waals surface area contributed by atoms with Gasteiger partial charge in [0.1, 0.15) is 5.75 Å². The van der Waals surface area contributed by atoms with Gasteiger partial charge in [0.15, 0.2) is 0 Å². The summed E-state index contributed by atoms with van der Waals surface area (Å²) in [6, 6.07) is 6.30.